The number of hydrogen-bond donors (Lipinski definition) is 0. The van der Waals surface area contributed by atoms with E-state index in [4.69, 9.17) is 0 Å². The lowest BCUT2D eigenvalue weighted by Crippen LogP contribution is -2.47. The van der Waals surface area contributed by atoms with Crippen molar-refractivity contribution in [2.24, 2.45) is 0 Å². The molecule has 0 saturated heterocycles. The van der Waals surface area contributed by atoms with E-state index in [-0.39, 0.29) is 11.6 Å². The molecule has 3 heteroatoms. The minimum absolute atomic E-state index is 0.0709. The van der Waals surface area contributed by atoms with Gasteiger partial charge in [0.05, 0.1) is 14.1 Å². The number of rotatable bonds is 6. The number of nitrogens with zero attached hydrogens (tertiary/aromatic N) is 1. The zero-order valence-corrected chi connectivity index (χ0v) is 12.7. The van der Waals surface area contributed by atoms with Gasteiger partial charge < -0.3 is 4.48 Å². The molecule has 1 aromatic rings. The molecule has 0 spiro atoms. The van der Waals surface area contributed by atoms with Crippen molar-refractivity contribution in [3.63, 3.8) is 0 Å². The maximum atomic E-state index is 12.3. The van der Waals surface area contributed by atoms with E-state index in [1.807, 2.05) is 62.7 Å². The van der Waals surface area contributed by atoms with Crippen LogP contribution >= 0.6 is 0 Å². The summed E-state index contributed by atoms with van der Waals surface area (Å²) in [6, 6.07) is 9.24. The van der Waals surface area contributed by atoms with Gasteiger partial charge in [0, 0.05) is 11.1 Å². The van der Waals surface area contributed by atoms with Gasteiger partial charge >= 0.3 is 0 Å². The monoisotopic (exact) mass is 284 g/mol. The lowest BCUT2D eigenvalue weighted by molar-refractivity contribution is -0.873. The predicted octanol–water partition coefficient (Wildman–Crippen LogP) is 2.79. The molecule has 1 aromatic carbocycles. The second kappa shape index (κ2) is 6.64. The highest BCUT2D eigenvalue weighted by Gasteiger charge is 2.25. The van der Waals surface area contributed by atoms with Crippen molar-refractivity contribution in [2.75, 3.05) is 27.2 Å². The zero-order valence-electron chi connectivity index (χ0n) is 12.7. The van der Waals surface area contributed by atoms with Crippen LogP contribution in [-0.4, -0.2) is 43.2 Å². The molecule has 0 aliphatic heterocycles. The molecule has 0 bridgehead atoms. The van der Waals surface area contributed by atoms with Gasteiger partial charge in [-0.2, -0.15) is 0 Å². The van der Waals surface area contributed by atoms with Crippen molar-refractivity contribution in [3.8, 4) is 0 Å². The van der Waals surface area contributed by atoms with Crippen LogP contribution in [0.25, 0.3) is 0 Å². The molecule has 0 saturated carbocycles. The van der Waals surface area contributed by atoms with Crippen molar-refractivity contribution >= 4 is 11.6 Å². The third kappa shape index (κ3) is 4.50. The molecular weight excluding hydrogens is 262 g/mol. The number of benzene rings is 1. The number of quaternary nitrogens is 1. The Kier molecular flexibility index (Phi) is 4.86. The zero-order chi connectivity index (χ0) is 15.3. The van der Waals surface area contributed by atoms with Gasteiger partial charge in [-0.15, -0.1) is 0 Å². The van der Waals surface area contributed by atoms with E-state index in [1.54, 1.807) is 0 Å². The first-order valence-corrected chi connectivity index (χ1v) is 7.28. The molecular formula is C18H22NO2+. The van der Waals surface area contributed by atoms with Crippen molar-refractivity contribution in [2.45, 2.75) is 12.8 Å². The van der Waals surface area contributed by atoms with E-state index in [0.717, 1.165) is 18.4 Å². The Morgan fingerprint density at radius 2 is 1.67 bits per heavy atom. The summed E-state index contributed by atoms with van der Waals surface area (Å²) in [5.41, 5.74) is 1.48. The largest absolute Gasteiger partial charge is 0.316 e. The average molecular weight is 284 g/mol. The topological polar surface area (TPSA) is 34.1 Å². The first-order valence-electron chi connectivity index (χ1n) is 7.28. The molecule has 0 fully saturated rings. The van der Waals surface area contributed by atoms with E-state index in [1.165, 1.54) is 0 Å². The van der Waals surface area contributed by atoms with Crippen molar-refractivity contribution in [3.05, 3.63) is 59.7 Å². The predicted molar refractivity (Wildman–Crippen MR) is 84.1 cm³/mol. The van der Waals surface area contributed by atoms with Crippen molar-refractivity contribution in [1.29, 1.82) is 0 Å². The molecule has 3 nitrogen and oxygen atoms in total. The average Bonchev–Trinajstić information content (AvgIpc) is 2.48. The summed E-state index contributed by atoms with van der Waals surface area (Å²) in [6.07, 6.45) is 7.84. The fraction of sp³-hybridized carbons (Fsp3) is 0.333. The maximum absolute atomic E-state index is 12.3. The number of Topliss-reactive ketones (excluding diaryl/α,β-unsaturated/α-hetero) is 2. The Morgan fingerprint density at radius 3 is 2.29 bits per heavy atom. The fourth-order valence-electron chi connectivity index (χ4n) is 2.46. The van der Waals surface area contributed by atoms with Crippen molar-refractivity contribution in [1.82, 2.24) is 0 Å². The number of carbonyl (C=O) groups is 2. The Labute approximate surface area is 126 Å². The van der Waals surface area contributed by atoms with Crippen LogP contribution in [0.1, 0.15) is 23.2 Å². The number of allylic oxidation sites excluding steroid dienone is 3. The van der Waals surface area contributed by atoms with E-state index >= 15 is 0 Å². The second-order valence-corrected chi connectivity index (χ2v) is 6.10. The molecule has 21 heavy (non-hydrogen) atoms. The molecule has 1 aliphatic carbocycles. The van der Waals surface area contributed by atoms with Crippen LogP contribution in [-0.2, 0) is 4.79 Å². The number of hydrogen-bond acceptors (Lipinski definition) is 2. The first-order chi connectivity index (χ1) is 9.98. The molecule has 0 heterocycles. The Bertz CT molecular complexity index is 582. The minimum atomic E-state index is 0.0709. The minimum Gasteiger partial charge on any atom is -0.316 e. The van der Waals surface area contributed by atoms with Gasteiger partial charge in [-0.1, -0.05) is 48.6 Å². The summed E-state index contributed by atoms with van der Waals surface area (Å²) >= 11 is 0. The number of likely N-dealkylation sites (N-methyl/N-ethyl adjacent to an activating group) is 1. The molecule has 0 atom stereocenters. The van der Waals surface area contributed by atoms with Gasteiger partial charge in [0.15, 0.2) is 0 Å². The summed E-state index contributed by atoms with van der Waals surface area (Å²) in [7, 11) is 3.84. The van der Waals surface area contributed by atoms with Crippen LogP contribution < -0.4 is 0 Å². The molecule has 110 valence electrons. The van der Waals surface area contributed by atoms with Gasteiger partial charge in [-0.3, -0.25) is 9.59 Å². The summed E-state index contributed by atoms with van der Waals surface area (Å²) < 4.78 is 0.373. The Hall–Kier alpha value is -2.00. The Morgan fingerprint density at radius 1 is 1.00 bits per heavy atom. The van der Waals surface area contributed by atoms with Crippen LogP contribution in [0.5, 0.6) is 0 Å². The molecule has 0 N–H and O–H groups in total. The molecule has 0 unspecified atom stereocenters. The summed E-state index contributed by atoms with van der Waals surface area (Å²) in [5.74, 6) is 0.179. The molecule has 1 aliphatic rings. The van der Waals surface area contributed by atoms with E-state index in [9.17, 15) is 9.59 Å². The highest BCUT2D eigenvalue weighted by molar-refractivity contribution is 6.00. The lowest BCUT2D eigenvalue weighted by atomic mass is 10.0. The molecule has 0 aromatic heterocycles. The van der Waals surface area contributed by atoms with Crippen molar-refractivity contribution < 1.29 is 14.1 Å². The second-order valence-electron chi connectivity index (χ2n) is 6.10. The van der Waals surface area contributed by atoms with Crippen LogP contribution in [0.3, 0.4) is 0 Å². The third-order valence-electron chi connectivity index (χ3n) is 3.56. The standard InChI is InChI=1S/C18H22NO2/c1-19(2,13-17(20)15-9-5-3-6-10-15)14-18(21)16-11-7-4-8-12-16/h3,5-7,9-12H,4,8,13-14H2,1-2H3/q+1. The summed E-state index contributed by atoms with van der Waals surface area (Å²) in [6.45, 7) is 0.668. The molecule has 0 radical (unpaired) electrons. The SMILES string of the molecule is C[N+](C)(CC(=O)C1=CCCC=C1)CC(=O)c1ccccc1. The smallest absolute Gasteiger partial charge is 0.216 e. The highest BCUT2D eigenvalue weighted by Crippen LogP contribution is 2.13. The first kappa shape index (κ1) is 15.4. The summed E-state index contributed by atoms with van der Waals surface area (Å²) in [4.78, 5) is 24.5. The van der Waals surface area contributed by atoms with Crippen LogP contribution in [0.4, 0.5) is 0 Å². The lowest BCUT2D eigenvalue weighted by Gasteiger charge is -2.28. The van der Waals surface area contributed by atoms with E-state index in [0.29, 0.717) is 23.1 Å². The molecule has 2 rings (SSSR count). The van der Waals surface area contributed by atoms with Gasteiger partial charge in [0.25, 0.3) is 0 Å². The number of ketones is 2. The van der Waals surface area contributed by atoms with Crippen LogP contribution in [0.2, 0.25) is 0 Å². The highest BCUT2D eigenvalue weighted by atomic mass is 16.1. The van der Waals surface area contributed by atoms with Crippen LogP contribution in [0.15, 0.2) is 54.1 Å². The maximum Gasteiger partial charge on any atom is 0.216 e. The quantitative estimate of drug-likeness (QED) is 0.594. The molecule has 0 amide bonds. The van der Waals surface area contributed by atoms with Gasteiger partial charge in [0.1, 0.15) is 13.1 Å². The van der Waals surface area contributed by atoms with Gasteiger partial charge in [-0.05, 0) is 12.8 Å². The number of carbonyl (C=O) groups excluding carboxylic acids is 2. The van der Waals surface area contributed by atoms with Gasteiger partial charge in [-0.25, -0.2) is 0 Å². The Balaban J connectivity index is 1.98. The third-order valence-corrected chi connectivity index (χ3v) is 3.56. The van der Waals surface area contributed by atoms with Crippen LogP contribution in [0, 0.1) is 0 Å². The normalized spacial score (nSPS) is 14.7. The summed E-state index contributed by atoms with van der Waals surface area (Å²) in [5, 5.41) is 0. The van der Waals surface area contributed by atoms with E-state index in [2.05, 4.69) is 0 Å². The van der Waals surface area contributed by atoms with Gasteiger partial charge in [0.2, 0.25) is 11.6 Å². The fourth-order valence-corrected chi connectivity index (χ4v) is 2.46. The van der Waals surface area contributed by atoms with E-state index < -0.39 is 0 Å².